The predicted molar refractivity (Wildman–Crippen MR) is 117 cm³/mol. The third-order valence-corrected chi connectivity index (χ3v) is 5.80. The molecule has 1 spiro atoms. The highest BCUT2D eigenvalue weighted by Crippen LogP contribution is 2.46. The van der Waals surface area contributed by atoms with Gasteiger partial charge in [-0.05, 0) is 48.7 Å². The van der Waals surface area contributed by atoms with Crippen molar-refractivity contribution in [2.75, 3.05) is 24.7 Å². The lowest BCUT2D eigenvalue weighted by Gasteiger charge is -2.32. The van der Waals surface area contributed by atoms with Gasteiger partial charge in [0.2, 0.25) is 0 Å². The maximum atomic E-state index is 13.4. The van der Waals surface area contributed by atoms with Gasteiger partial charge in [-0.2, -0.15) is 0 Å². The Morgan fingerprint density at radius 3 is 2.57 bits per heavy atom. The molecule has 0 saturated carbocycles. The fourth-order valence-electron chi connectivity index (χ4n) is 3.97. The molecular formula is C24H28ClNO4. The fraction of sp³-hybridized carbons (Fsp3) is 0.458. The van der Waals surface area contributed by atoms with Gasteiger partial charge in [0.1, 0.15) is 5.75 Å². The Morgan fingerprint density at radius 2 is 1.83 bits per heavy atom. The number of hydrogen-bond acceptors (Lipinski definition) is 4. The third-order valence-electron chi connectivity index (χ3n) is 5.56. The van der Waals surface area contributed by atoms with Gasteiger partial charge in [0.25, 0.3) is 11.7 Å². The Kier molecular flexibility index (Phi) is 6.61. The summed E-state index contributed by atoms with van der Waals surface area (Å²) in [6, 6.07) is 13.3. The Bertz CT molecular complexity index is 877. The zero-order valence-corrected chi connectivity index (χ0v) is 18.1. The summed E-state index contributed by atoms with van der Waals surface area (Å²) in [5.41, 5.74) is 2.48. The standard InChI is InChI=1S/C24H28ClNO4/c1-2-3-4-5-13-28-20-10-7-18(8-11-20)17-26-22-12-9-19(25)16-21(22)24(23(26)27)29-14-6-15-30-24/h7-12,16H,2-6,13-15,17H2,1H3. The van der Waals surface area contributed by atoms with E-state index in [-0.39, 0.29) is 5.91 Å². The number of benzene rings is 2. The molecule has 0 N–H and O–H groups in total. The maximum Gasteiger partial charge on any atom is 0.292 e. The van der Waals surface area contributed by atoms with Gasteiger partial charge < -0.3 is 19.1 Å². The average Bonchev–Trinajstić information content (AvgIpc) is 2.97. The molecule has 1 saturated heterocycles. The number of nitrogens with zero attached hydrogens (tertiary/aromatic N) is 1. The molecule has 0 aromatic heterocycles. The van der Waals surface area contributed by atoms with E-state index in [1.54, 1.807) is 17.0 Å². The number of ether oxygens (including phenoxy) is 3. The minimum absolute atomic E-state index is 0.198. The first-order valence-corrected chi connectivity index (χ1v) is 11.1. The van der Waals surface area contributed by atoms with Crippen molar-refractivity contribution in [3.05, 3.63) is 58.6 Å². The smallest absolute Gasteiger partial charge is 0.292 e. The van der Waals surface area contributed by atoms with Crippen LogP contribution in [-0.2, 0) is 26.6 Å². The summed E-state index contributed by atoms with van der Waals surface area (Å²) in [7, 11) is 0. The average molecular weight is 430 g/mol. The fourth-order valence-corrected chi connectivity index (χ4v) is 4.14. The first-order chi connectivity index (χ1) is 14.6. The Hall–Kier alpha value is -2.08. The van der Waals surface area contributed by atoms with Gasteiger partial charge in [-0.15, -0.1) is 0 Å². The number of rotatable bonds is 8. The first kappa shape index (κ1) is 21.2. The molecule has 2 aliphatic rings. The molecule has 4 rings (SSSR count). The molecule has 2 aromatic rings. The van der Waals surface area contributed by atoms with Gasteiger partial charge in [-0.3, -0.25) is 4.79 Å². The van der Waals surface area contributed by atoms with E-state index in [0.717, 1.165) is 36.4 Å². The topological polar surface area (TPSA) is 48.0 Å². The Labute approximate surface area is 182 Å². The van der Waals surface area contributed by atoms with E-state index in [1.165, 1.54) is 19.3 Å². The largest absolute Gasteiger partial charge is 0.494 e. The monoisotopic (exact) mass is 429 g/mol. The molecule has 0 aliphatic carbocycles. The molecular weight excluding hydrogens is 402 g/mol. The van der Waals surface area contributed by atoms with E-state index in [2.05, 4.69) is 6.92 Å². The van der Waals surface area contributed by atoms with Crippen LogP contribution >= 0.6 is 11.6 Å². The molecule has 1 fully saturated rings. The molecule has 30 heavy (non-hydrogen) atoms. The van der Waals surface area contributed by atoms with Crippen molar-refractivity contribution in [1.29, 1.82) is 0 Å². The molecule has 2 aliphatic heterocycles. The Morgan fingerprint density at radius 1 is 1.07 bits per heavy atom. The highest BCUT2D eigenvalue weighted by atomic mass is 35.5. The van der Waals surface area contributed by atoms with Crippen molar-refractivity contribution < 1.29 is 19.0 Å². The summed E-state index contributed by atoms with van der Waals surface area (Å²) in [4.78, 5) is 15.1. The lowest BCUT2D eigenvalue weighted by atomic mass is 10.1. The number of carbonyl (C=O) groups excluding carboxylic acids is 1. The zero-order chi connectivity index (χ0) is 21.0. The van der Waals surface area contributed by atoms with Gasteiger partial charge >= 0.3 is 0 Å². The molecule has 0 unspecified atom stereocenters. The highest BCUT2D eigenvalue weighted by Gasteiger charge is 2.54. The Balaban J connectivity index is 1.47. The minimum atomic E-state index is -1.37. The van der Waals surface area contributed by atoms with Crippen LogP contribution < -0.4 is 9.64 Å². The van der Waals surface area contributed by atoms with Crippen LogP contribution in [0.15, 0.2) is 42.5 Å². The van der Waals surface area contributed by atoms with E-state index >= 15 is 0 Å². The SMILES string of the molecule is CCCCCCOc1ccc(CN2C(=O)C3(OCCCO3)c3cc(Cl)ccc32)cc1. The number of anilines is 1. The van der Waals surface area contributed by atoms with Crippen LogP contribution in [0.5, 0.6) is 5.75 Å². The lowest BCUT2D eigenvalue weighted by Crippen LogP contribution is -2.47. The molecule has 5 nitrogen and oxygen atoms in total. The van der Waals surface area contributed by atoms with E-state index in [9.17, 15) is 4.79 Å². The van der Waals surface area contributed by atoms with Gasteiger partial charge in [0.05, 0.1) is 32.1 Å². The maximum absolute atomic E-state index is 13.4. The van der Waals surface area contributed by atoms with Crippen LogP contribution in [0.25, 0.3) is 0 Å². The van der Waals surface area contributed by atoms with E-state index in [4.69, 9.17) is 25.8 Å². The molecule has 6 heteroatoms. The van der Waals surface area contributed by atoms with Crippen molar-refractivity contribution in [3.8, 4) is 5.75 Å². The van der Waals surface area contributed by atoms with Crippen molar-refractivity contribution in [2.45, 2.75) is 51.4 Å². The van der Waals surface area contributed by atoms with Crippen LogP contribution in [-0.4, -0.2) is 25.7 Å². The number of unbranched alkanes of at least 4 members (excludes halogenated alkanes) is 3. The van der Waals surface area contributed by atoms with Crippen LogP contribution in [0.3, 0.4) is 0 Å². The van der Waals surface area contributed by atoms with E-state index in [1.807, 2.05) is 30.3 Å². The van der Waals surface area contributed by atoms with Gasteiger partial charge in [0, 0.05) is 10.6 Å². The second-order valence-electron chi connectivity index (χ2n) is 7.77. The van der Waals surface area contributed by atoms with Crippen LogP contribution in [0.1, 0.15) is 50.2 Å². The second-order valence-corrected chi connectivity index (χ2v) is 8.21. The van der Waals surface area contributed by atoms with Crippen molar-refractivity contribution in [3.63, 3.8) is 0 Å². The summed E-state index contributed by atoms with van der Waals surface area (Å²) in [5, 5.41) is 0.556. The van der Waals surface area contributed by atoms with Crippen LogP contribution in [0.4, 0.5) is 5.69 Å². The number of amides is 1. The van der Waals surface area contributed by atoms with Crippen molar-refractivity contribution in [2.24, 2.45) is 0 Å². The van der Waals surface area contributed by atoms with Crippen LogP contribution in [0, 0.1) is 0 Å². The molecule has 1 amide bonds. The number of fused-ring (bicyclic) bond motifs is 2. The summed E-state index contributed by atoms with van der Waals surface area (Å²) < 4.78 is 17.6. The summed E-state index contributed by atoms with van der Waals surface area (Å²) in [6.07, 6.45) is 5.50. The van der Waals surface area contributed by atoms with Gasteiger partial charge in [0.15, 0.2) is 0 Å². The lowest BCUT2D eigenvalue weighted by molar-refractivity contribution is -0.256. The minimum Gasteiger partial charge on any atom is -0.494 e. The van der Waals surface area contributed by atoms with Gasteiger partial charge in [-0.25, -0.2) is 0 Å². The molecule has 2 heterocycles. The van der Waals surface area contributed by atoms with E-state index < -0.39 is 5.79 Å². The second kappa shape index (κ2) is 9.38. The van der Waals surface area contributed by atoms with Gasteiger partial charge in [-0.1, -0.05) is 49.9 Å². The number of carbonyl (C=O) groups is 1. The zero-order valence-electron chi connectivity index (χ0n) is 17.4. The normalized spacial score (nSPS) is 17.4. The highest BCUT2D eigenvalue weighted by molar-refractivity contribution is 6.31. The molecule has 2 aromatic carbocycles. The summed E-state index contributed by atoms with van der Waals surface area (Å²) in [6.45, 7) is 4.33. The quantitative estimate of drug-likeness (QED) is 0.524. The summed E-state index contributed by atoms with van der Waals surface area (Å²) in [5.74, 6) is -0.721. The molecule has 0 radical (unpaired) electrons. The summed E-state index contributed by atoms with van der Waals surface area (Å²) >= 11 is 6.21. The third kappa shape index (κ3) is 4.20. The predicted octanol–water partition coefficient (Wildman–Crippen LogP) is 5.44. The molecule has 0 atom stereocenters. The van der Waals surface area contributed by atoms with Crippen LogP contribution in [0.2, 0.25) is 5.02 Å². The van der Waals surface area contributed by atoms with Crippen molar-refractivity contribution >= 4 is 23.2 Å². The molecule has 0 bridgehead atoms. The number of hydrogen-bond donors (Lipinski definition) is 0. The number of halogens is 1. The first-order valence-electron chi connectivity index (χ1n) is 10.8. The molecule has 160 valence electrons. The van der Waals surface area contributed by atoms with E-state index in [0.29, 0.717) is 30.3 Å². The van der Waals surface area contributed by atoms with Crippen molar-refractivity contribution in [1.82, 2.24) is 0 Å².